The van der Waals surface area contributed by atoms with Gasteiger partial charge in [-0.3, -0.25) is 15.0 Å². The van der Waals surface area contributed by atoms with Gasteiger partial charge in [-0.2, -0.15) is 0 Å². The van der Waals surface area contributed by atoms with Crippen molar-refractivity contribution in [1.82, 2.24) is 4.98 Å². The largest absolute Gasteiger partial charge is 0.447 e. The van der Waals surface area contributed by atoms with E-state index in [4.69, 9.17) is 4.74 Å². The van der Waals surface area contributed by atoms with Crippen LogP contribution in [0.3, 0.4) is 0 Å². The number of hydrogen-bond donors (Lipinski definition) is 1. The summed E-state index contributed by atoms with van der Waals surface area (Å²) in [7, 11) is 0. The van der Waals surface area contributed by atoms with Gasteiger partial charge in [0.2, 0.25) is 0 Å². The second-order valence-electron chi connectivity index (χ2n) is 6.57. The summed E-state index contributed by atoms with van der Waals surface area (Å²) in [6, 6.07) is 15.3. The van der Waals surface area contributed by atoms with Gasteiger partial charge >= 0.3 is 6.09 Å². The van der Waals surface area contributed by atoms with Gasteiger partial charge in [0.05, 0.1) is 6.54 Å². The van der Waals surface area contributed by atoms with Gasteiger partial charge in [-0.1, -0.05) is 35.9 Å². The summed E-state index contributed by atoms with van der Waals surface area (Å²) in [5.41, 5.74) is 3.55. The lowest BCUT2D eigenvalue weighted by atomic mass is 10.1. The van der Waals surface area contributed by atoms with Crippen LogP contribution >= 0.6 is 11.3 Å². The lowest BCUT2D eigenvalue weighted by molar-refractivity contribution is 0.102. The van der Waals surface area contributed by atoms with Gasteiger partial charge in [0.1, 0.15) is 6.61 Å². The molecule has 1 saturated heterocycles. The van der Waals surface area contributed by atoms with E-state index in [1.807, 2.05) is 6.07 Å². The van der Waals surface area contributed by atoms with Crippen LogP contribution in [-0.2, 0) is 11.2 Å². The minimum Gasteiger partial charge on any atom is -0.447 e. The molecular weight excluding hydrogens is 374 g/mol. The molecule has 3 aromatic rings. The molecule has 1 aliphatic rings. The Hall–Kier alpha value is -3.19. The molecule has 0 unspecified atom stereocenters. The number of cyclic esters (lactones) is 1. The molecule has 0 atom stereocenters. The van der Waals surface area contributed by atoms with Crippen molar-refractivity contribution in [2.75, 3.05) is 23.4 Å². The molecule has 0 radical (unpaired) electrons. The highest BCUT2D eigenvalue weighted by molar-refractivity contribution is 7.15. The number of rotatable bonds is 5. The van der Waals surface area contributed by atoms with Gasteiger partial charge < -0.3 is 4.74 Å². The normalized spacial score (nSPS) is 13.5. The Morgan fingerprint density at radius 3 is 2.89 bits per heavy atom. The van der Waals surface area contributed by atoms with Crippen molar-refractivity contribution < 1.29 is 14.3 Å². The first-order chi connectivity index (χ1) is 13.6. The van der Waals surface area contributed by atoms with E-state index >= 15 is 0 Å². The summed E-state index contributed by atoms with van der Waals surface area (Å²) in [5, 5.41) is 3.39. The molecule has 2 amide bonds. The molecular formula is C21H19N3O3S. The molecule has 4 rings (SSSR count). The zero-order valence-electron chi connectivity index (χ0n) is 15.3. The Bertz CT molecular complexity index is 1030. The molecule has 0 saturated carbocycles. The van der Waals surface area contributed by atoms with Gasteiger partial charge in [-0.25, -0.2) is 9.78 Å². The third-order valence-electron chi connectivity index (χ3n) is 4.42. The maximum absolute atomic E-state index is 12.6. The third-order valence-corrected chi connectivity index (χ3v) is 5.33. The number of carbonyl (C=O) groups is 2. The zero-order valence-corrected chi connectivity index (χ0v) is 16.2. The van der Waals surface area contributed by atoms with Crippen molar-refractivity contribution in [3.8, 4) is 0 Å². The smallest absolute Gasteiger partial charge is 0.414 e. The van der Waals surface area contributed by atoms with Crippen molar-refractivity contribution in [2.45, 2.75) is 13.3 Å². The Kier molecular flexibility index (Phi) is 5.08. The van der Waals surface area contributed by atoms with Crippen LogP contribution in [0.15, 0.2) is 54.7 Å². The fourth-order valence-electron chi connectivity index (χ4n) is 3.08. The summed E-state index contributed by atoms with van der Waals surface area (Å²) in [6.07, 6.45) is 2.18. The second-order valence-corrected chi connectivity index (χ2v) is 7.68. The topological polar surface area (TPSA) is 71.5 Å². The highest BCUT2D eigenvalue weighted by Crippen LogP contribution is 2.24. The SMILES string of the molecule is Cc1cccc(Cc2cnc(NC(=O)c3cccc(N4CCOC4=O)c3)s2)c1. The Morgan fingerprint density at radius 2 is 2.11 bits per heavy atom. The van der Waals surface area contributed by atoms with E-state index in [9.17, 15) is 9.59 Å². The average molecular weight is 393 g/mol. The average Bonchev–Trinajstić information content (AvgIpc) is 3.30. The van der Waals surface area contributed by atoms with E-state index in [0.29, 0.717) is 29.5 Å². The number of amides is 2. The summed E-state index contributed by atoms with van der Waals surface area (Å²) in [6.45, 7) is 2.91. The first kappa shape index (κ1) is 18.2. The van der Waals surface area contributed by atoms with Gasteiger partial charge in [-0.05, 0) is 30.7 Å². The molecule has 142 valence electrons. The summed E-state index contributed by atoms with van der Waals surface area (Å²) < 4.78 is 4.95. The van der Waals surface area contributed by atoms with Crippen molar-refractivity contribution in [1.29, 1.82) is 0 Å². The number of aromatic nitrogens is 1. The number of aryl methyl sites for hydroxylation is 1. The lowest BCUT2D eigenvalue weighted by Crippen LogP contribution is -2.23. The van der Waals surface area contributed by atoms with E-state index in [1.54, 1.807) is 30.5 Å². The molecule has 28 heavy (non-hydrogen) atoms. The fraction of sp³-hybridized carbons (Fsp3) is 0.190. The molecule has 1 N–H and O–H groups in total. The minimum atomic E-state index is -0.390. The van der Waals surface area contributed by atoms with Crippen LogP contribution in [0, 0.1) is 6.92 Å². The van der Waals surface area contributed by atoms with Crippen molar-refractivity contribution in [3.05, 3.63) is 76.3 Å². The minimum absolute atomic E-state index is 0.258. The van der Waals surface area contributed by atoms with Crippen molar-refractivity contribution in [2.24, 2.45) is 0 Å². The van der Waals surface area contributed by atoms with Crippen LogP contribution in [0.1, 0.15) is 26.4 Å². The number of hydrogen-bond acceptors (Lipinski definition) is 5. The van der Waals surface area contributed by atoms with Gasteiger partial charge in [0.25, 0.3) is 5.91 Å². The molecule has 0 aliphatic carbocycles. The number of ether oxygens (including phenoxy) is 1. The predicted octanol–water partition coefficient (Wildman–Crippen LogP) is 4.25. The van der Waals surface area contributed by atoms with E-state index in [2.05, 4.69) is 35.4 Å². The first-order valence-electron chi connectivity index (χ1n) is 8.94. The Morgan fingerprint density at radius 1 is 1.25 bits per heavy atom. The molecule has 6 nitrogen and oxygen atoms in total. The van der Waals surface area contributed by atoms with E-state index < -0.39 is 6.09 Å². The maximum Gasteiger partial charge on any atom is 0.414 e. The number of nitrogens with one attached hydrogen (secondary N) is 1. The van der Waals surface area contributed by atoms with Crippen LogP contribution < -0.4 is 10.2 Å². The molecule has 2 aromatic carbocycles. The van der Waals surface area contributed by atoms with Gasteiger partial charge in [-0.15, -0.1) is 11.3 Å². The third kappa shape index (κ3) is 4.04. The van der Waals surface area contributed by atoms with E-state index in [1.165, 1.54) is 27.4 Å². The number of thiazole rings is 1. The van der Waals surface area contributed by atoms with Crippen LogP contribution in [-0.4, -0.2) is 30.1 Å². The predicted molar refractivity (Wildman–Crippen MR) is 109 cm³/mol. The number of nitrogens with zero attached hydrogens (tertiary/aromatic N) is 2. The van der Waals surface area contributed by atoms with E-state index in [0.717, 1.165) is 11.3 Å². The summed E-state index contributed by atoms with van der Waals surface area (Å²) in [4.78, 5) is 31.2. The van der Waals surface area contributed by atoms with E-state index in [-0.39, 0.29) is 5.91 Å². The standard InChI is InChI=1S/C21H19N3O3S/c1-14-4-2-5-15(10-14)11-18-13-22-20(28-18)23-19(25)16-6-3-7-17(12-16)24-8-9-27-21(24)26/h2-7,10,12-13H,8-9,11H2,1H3,(H,22,23,25). The van der Waals surface area contributed by atoms with Crippen molar-refractivity contribution >= 4 is 34.2 Å². The molecule has 0 bridgehead atoms. The monoisotopic (exact) mass is 393 g/mol. The molecule has 1 aromatic heterocycles. The van der Waals surface area contributed by atoms with Crippen LogP contribution in [0.4, 0.5) is 15.6 Å². The number of anilines is 2. The number of carbonyl (C=O) groups excluding carboxylic acids is 2. The lowest BCUT2D eigenvalue weighted by Gasteiger charge is -2.13. The van der Waals surface area contributed by atoms with Gasteiger partial charge in [0, 0.05) is 28.7 Å². The van der Waals surface area contributed by atoms with Crippen LogP contribution in [0.2, 0.25) is 0 Å². The first-order valence-corrected chi connectivity index (χ1v) is 9.76. The van der Waals surface area contributed by atoms with Crippen LogP contribution in [0.25, 0.3) is 0 Å². The second kappa shape index (κ2) is 7.82. The maximum atomic E-state index is 12.6. The quantitative estimate of drug-likeness (QED) is 0.703. The molecule has 2 heterocycles. The fourth-order valence-corrected chi connectivity index (χ4v) is 3.92. The number of benzene rings is 2. The molecule has 7 heteroatoms. The Labute approximate surface area is 166 Å². The zero-order chi connectivity index (χ0) is 19.5. The van der Waals surface area contributed by atoms with Crippen LogP contribution in [0.5, 0.6) is 0 Å². The van der Waals surface area contributed by atoms with Gasteiger partial charge in [0.15, 0.2) is 5.13 Å². The molecule has 1 aliphatic heterocycles. The highest BCUT2D eigenvalue weighted by Gasteiger charge is 2.24. The van der Waals surface area contributed by atoms with Crippen molar-refractivity contribution in [3.63, 3.8) is 0 Å². The highest BCUT2D eigenvalue weighted by atomic mass is 32.1. The summed E-state index contributed by atoms with van der Waals surface area (Å²) >= 11 is 1.46. The molecule has 1 fully saturated rings. The summed E-state index contributed by atoms with van der Waals surface area (Å²) in [5.74, 6) is -0.258. The Balaban J connectivity index is 1.44. The molecule has 0 spiro atoms.